The van der Waals surface area contributed by atoms with Crippen LogP contribution in [-0.4, -0.2) is 32.1 Å². The fourth-order valence-corrected chi connectivity index (χ4v) is 3.28. The summed E-state index contributed by atoms with van der Waals surface area (Å²) in [6.07, 6.45) is 0.411. The van der Waals surface area contributed by atoms with Crippen LogP contribution in [0.25, 0.3) is 16.6 Å². The van der Waals surface area contributed by atoms with Crippen molar-refractivity contribution in [2.75, 3.05) is 6.61 Å². The Balaban J connectivity index is 2.21. The van der Waals surface area contributed by atoms with E-state index in [4.69, 9.17) is 4.74 Å². The molecule has 0 spiro atoms. The largest absolute Gasteiger partial charge is 0.464 e. The van der Waals surface area contributed by atoms with Crippen molar-refractivity contribution in [3.63, 3.8) is 0 Å². The molecule has 7 heteroatoms. The number of rotatable bonds is 5. The lowest BCUT2D eigenvalue weighted by molar-refractivity contribution is -0.147. The second kappa shape index (κ2) is 7.34. The predicted molar refractivity (Wildman–Crippen MR) is 103 cm³/mol. The van der Waals surface area contributed by atoms with Gasteiger partial charge in [-0.05, 0) is 46.2 Å². The number of benzene rings is 1. The Morgan fingerprint density at radius 1 is 1.11 bits per heavy atom. The van der Waals surface area contributed by atoms with Gasteiger partial charge in [0.05, 0.1) is 29.1 Å². The highest BCUT2D eigenvalue weighted by molar-refractivity contribution is 5.84. The van der Waals surface area contributed by atoms with E-state index < -0.39 is 12.0 Å². The van der Waals surface area contributed by atoms with Crippen LogP contribution in [0, 0.1) is 20.8 Å². The van der Waals surface area contributed by atoms with E-state index in [1.807, 2.05) is 52.0 Å². The molecule has 0 bridgehead atoms. The van der Waals surface area contributed by atoms with Crippen LogP contribution in [0.4, 0.5) is 0 Å². The molecule has 2 heterocycles. The monoisotopic (exact) mass is 368 g/mol. The Hall–Kier alpha value is -2.96. The number of nitrogens with zero attached hydrogens (tertiary/aromatic N) is 4. The summed E-state index contributed by atoms with van der Waals surface area (Å²) in [7, 11) is 0. The van der Waals surface area contributed by atoms with Crippen molar-refractivity contribution in [3.8, 4) is 5.69 Å². The third kappa shape index (κ3) is 3.25. The number of esters is 1. The molecule has 1 unspecified atom stereocenters. The van der Waals surface area contributed by atoms with Gasteiger partial charge >= 0.3 is 5.97 Å². The Morgan fingerprint density at radius 3 is 2.37 bits per heavy atom. The zero-order valence-electron chi connectivity index (χ0n) is 16.3. The number of aryl methyl sites for hydroxylation is 3. The van der Waals surface area contributed by atoms with E-state index in [9.17, 15) is 9.59 Å². The normalized spacial score (nSPS) is 12.3. The number of fused-ring (bicyclic) bond motifs is 1. The molecule has 0 N–H and O–H groups in total. The van der Waals surface area contributed by atoms with Crippen molar-refractivity contribution in [1.29, 1.82) is 0 Å². The molecule has 7 nitrogen and oxygen atoms in total. The maximum atomic E-state index is 13.1. The van der Waals surface area contributed by atoms with Gasteiger partial charge in [-0.2, -0.15) is 10.2 Å². The van der Waals surface area contributed by atoms with Gasteiger partial charge < -0.3 is 4.74 Å². The van der Waals surface area contributed by atoms with Gasteiger partial charge in [-0.15, -0.1) is 0 Å². The number of ether oxygens (including phenoxy) is 1. The number of carbonyl (C=O) groups is 1. The van der Waals surface area contributed by atoms with E-state index >= 15 is 0 Å². The fraction of sp³-hybridized carbons (Fsp3) is 0.400. The molecule has 0 saturated heterocycles. The SMILES string of the molecule is CCOC(=O)C(CC)n1nc(C)c2c(C)n(-c3ccc(C)cc3)nc2c1=O. The van der Waals surface area contributed by atoms with Crippen molar-refractivity contribution in [3.05, 3.63) is 51.6 Å². The molecule has 3 aromatic rings. The molecule has 1 atom stereocenters. The van der Waals surface area contributed by atoms with Crippen LogP contribution in [0.2, 0.25) is 0 Å². The lowest BCUT2D eigenvalue weighted by Crippen LogP contribution is -2.33. The van der Waals surface area contributed by atoms with E-state index in [0.29, 0.717) is 17.6 Å². The highest BCUT2D eigenvalue weighted by Gasteiger charge is 2.26. The Kier molecular flexibility index (Phi) is 5.12. The molecule has 0 saturated carbocycles. The molecule has 0 fully saturated rings. The molecule has 2 aromatic heterocycles. The average Bonchev–Trinajstić information content (AvgIpc) is 2.99. The van der Waals surface area contributed by atoms with Gasteiger partial charge in [0, 0.05) is 0 Å². The van der Waals surface area contributed by atoms with Crippen LogP contribution in [0.1, 0.15) is 43.3 Å². The van der Waals surface area contributed by atoms with Crippen LogP contribution in [0.15, 0.2) is 29.1 Å². The average molecular weight is 368 g/mol. The van der Waals surface area contributed by atoms with E-state index in [2.05, 4.69) is 10.2 Å². The summed E-state index contributed by atoms with van der Waals surface area (Å²) in [5, 5.41) is 9.67. The van der Waals surface area contributed by atoms with Gasteiger partial charge in [0.25, 0.3) is 5.56 Å². The molecular formula is C20H24N4O3. The lowest BCUT2D eigenvalue weighted by Gasteiger charge is -2.15. The second-order valence-electron chi connectivity index (χ2n) is 6.57. The van der Waals surface area contributed by atoms with Gasteiger partial charge in [-0.25, -0.2) is 14.2 Å². The number of carbonyl (C=O) groups excluding carboxylic acids is 1. The van der Waals surface area contributed by atoms with Crippen molar-refractivity contribution in [2.45, 2.75) is 47.1 Å². The third-order valence-electron chi connectivity index (χ3n) is 4.67. The smallest absolute Gasteiger partial charge is 0.331 e. The molecule has 142 valence electrons. The summed E-state index contributed by atoms with van der Waals surface area (Å²) in [6.45, 7) is 9.57. The quantitative estimate of drug-likeness (QED) is 0.647. The Morgan fingerprint density at radius 2 is 1.78 bits per heavy atom. The first-order valence-electron chi connectivity index (χ1n) is 9.11. The number of hydrogen-bond donors (Lipinski definition) is 0. The van der Waals surface area contributed by atoms with Crippen LogP contribution < -0.4 is 5.56 Å². The number of aromatic nitrogens is 4. The minimum Gasteiger partial charge on any atom is -0.464 e. The fourth-order valence-electron chi connectivity index (χ4n) is 3.28. The molecule has 0 aliphatic heterocycles. The Bertz CT molecular complexity index is 1050. The predicted octanol–water partition coefficient (Wildman–Crippen LogP) is 3.02. The standard InChI is InChI=1S/C20H24N4O3/c1-6-16(20(26)27-7-2)24-19(25)18-17(13(4)21-24)14(5)23(22-18)15-10-8-12(3)9-11-15/h8-11,16H,6-7H2,1-5H3. The number of hydrogen-bond acceptors (Lipinski definition) is 5. The molecule has 27 heavy (non-hydrogen) atoms. The molecular weight excluding hydrogens is 344 g/mol. The van der Waals surface area contributed by atoms with Gasteiger partial charge in [0.2, 0.25) is 0 Å². The molecule has 3 rings (SSSR count). The van der Waals surface area contributed by atoms with Gasteiger partial charge in [-0.1, -0.05) is 24.6 Å². The van der Waals surface area contributed by atoms with Crippen molar-refractivity contribution in [2.24, 2.45) is 0 Å². The maximum absolute atomic E-state index is 13.1. The maximum Gasteiger partial charge on any atom is 0.331 e. The van der Waals surface area contributed by atoms with E-state index in [1.165, 1.54) is 4.68 Å². The first-order valence-corrected chi connectivity index (χ1v) is 9.11. The summed E-state index contributed by atoms with van der Waals surface area (Å²) in [4.78, 5) is 25.3. The minimum absolute atomic E-state index is 0.256. The van der Waals surface area contributed by atoms with Crippen LogP contribution in [-0.2, 0) is 9.53 Å². The van der Waals surface area contributed by atoms with Gasteiger partial charge in [-0.3, -0.25) is 4.79 Å². The van der Waals surface area contributed by atoms with Crippen LogP contribution in [0.3, 0.4) is 0 Å². The third-order valence-corrected chi connectivity index (χ3v) is 4.67. The molecule has 0 aliphatic rings. The van der Waals surface area contributed by atoms with E-state index in [-0.39, 0.29) is 12.2 Å². The van der Waals surface area contributed by atoms with E-state index in [1.54, 1.807) is 11.6 Å². The van der Waals surface area contributed by atoms with Gasteiger partial charge in [0.15, 0.2) is 11.6 Å². The lowest BCUT2D eigenvalue weighted by atomic mass is 10.2. The molecule has 0 radical (unpaired) electrons. The van der Waals surface area contributed by atoms with Crippen molar-refractivity contribution in [1.82, 2.24) is 19.6 Å². The summed E-state index contributed by atoms with van der Waals surface area (Å²) < 4.78 is 8.06. The van der Waals surface area contributed by atoms with E-state index in [0.717, 1.165) is 22.3 Å². The van der Waals surface area contributed by atoms with Crippen LogP contribution >= 0.6 is 0 Å². The summed E-state index contributed by atoms with van der Waals surface area (Å²) in [5.74, 6) is -0.456. The topological polar surface area (TPSA) is 79.0 Å². The first-order chi connectivity index (χ1) is 12.9. The van der Waals surface area contributed by atoms with Crippen LogP contribution in [0.5, 0.6) is 0 Å². The summed E-state index contributed by atoms with van der Waals surface area (Å²) >= 11 is 0. The van der Waals surface area contributed by atoms with Crippen molar-refractivity contribution >= 4 is 16.9 Å². The molecule has 1 aromatic carbocycles. The molecule has 0 aliphatic carbocycles. The summed E-state index contributed by atoms with van der Waals surface area (Å²) in [5.41, 5.74) is 3.44. The zero-order valence-corrected chi connectivity index (χ0v) is 16.3. The highest BCUT2D eigenvalue weighted by atomic mass is 16.5. The minimum atomic E-state index is -0.759. The highest BCUT2D eigenvalue weighted by Crippen LogP contribution is 2.22. The zero-order chi connectivity index (χ0) is 19.7. The Labute approximate surface area is 157 Å². The second-order valence-corrected chi connectivity index (χ2v) is 6.57. The summed E-state index contributed by atoms with van der Waals surface area (Å²) in [6, 6.07) is 7.16. The first kappa shape index (κ1) is 18.8. The van der Waals surface area contributed by atoms with Crippen molar-refractivity contribution < 1.29 is 9.53 Å². The van der Waals surface area contributed by atoms with Gasteiger partial charge in [0.1, 0.15) is 0 Å². The molecule has 0 amide bonds.